The standard InChI is InChI=1S/C13H20N2O4/c1-5-18-13(17)12-9(4)14-6-10(12)15-11(16)7-19-8(2)3/h6,8,14H,5,7H2,1-4H3,(H,15,16). The normalized spacial score (nSPS) is 10.6. The molecule has 0 saturated carbocycles. The lowest BCUT2D eigenvalue weighted by molar-refractivity contribution is -0.121. The maximum Gasteiger partial charge on any atom is 0.342 e. The van der Waals surface area contributed by atoms with Gasteiger partial charge in [-0.2, -0.15) is 0 Å². The molecule has 1 aromatic rings. The predicted molar refractivity (Wildman–Crippen MR) is 71.2 cm³/mol. The summed E-state index contributed by atoms with van der Waals surface area (Å²) in [5.74, 6) is -0.764. The molecule has 0 bridgehead atoms. The van der Waals surface area contributed by atoms with Crippen molar-refractivity contribution in [1.82, 2.24) is 4.98 Å². The van der Waals surface area contributed by atoms with Crippen LogP contribution < -0.4 is 5.32 Å². The Labute approximate surface area is 112 Å². The molecule has 0 saturated heterocycles. The van der Waals surface area contributed by atoms with E-state index in [0.717, 1.165) is 0 Å². The number of aromatic amines is 1. The summed E-state index contributed by atoms with van der Waals surface area (Å²) in [7, 11) is 0. The van der Waals surface area contributed by atoms with Gasteiger partial charge in [-0.25, -0.2) is 4.79 Å². The van der Waals surface area contributed by atoms with Crippen LogP contribution in [0.1, 0.15) is 36.8 Å². The molecule has 6 nitrogen and oxygen atoms in total. The lowest BCUT2D eigenvalue weighted by Gasteiger charge is -2.09. The molecule has 0 spiro atoms. The predicted octanol–water partition coefficient (Wildman–Crippen LogP) is 1.86. The highest BCUT2D eigenvalue weighted by atomic mass is 16.5. The first-order valence-corrected chi connectivity index (χ1v) is 6.22. The molecule has 6 heteroatoms. The first kappa shape index (κ1) is 15.2. The molecule has 0 unspecified atom stereocenters. The quantitative estimate of drug-likeness (QED) is 0.772. The Bertz CT molecular complexity index is 451. The van der Waals surface area contributed by atoms with Gasteiger partial charge in [-0.3, -0.25) is 4.79 Å². The zero-order chi connectivity index (χ0) is 14.4. The number of nitrogens with one attached hydrogen (secondary N) is 2. The van der Waals surface area contributed by atoms with Crippen molar-refractivity contribution in [2.45, 2.75) is 33.8 Å². The van der Waals surface area contributed by atoms with Crippen LogP contribution in [0.3, 0.4) is 0 Å². The number of hydrogen-bond acceptors (Lipinski definition) is 4. The van der Waals surface area contributed by atoms with Crippen molar-refractivity contribution < 1.29 is 19.1 Å². The third-order valence-electron chi connectivity index (χ3n) is 2.38. The summed E-state index contributed by atoms with van der Waals surface area (Å²) in [6.45, 7) is 7.40. The van der Waals surface area contributed by atoms with Crippen LogP contribution in [0.5, 0.6) is 0 Å². The first-order chi connectivity index (χ1) is 8.95. The minimum absolute atomic E-state index is 0.0248. The van der Waals surface area contributed by atoms with Crippen LogP contribution in [0.15, 0.2) is 6.20 Å². The van der Waals surface area contributed by atoms with E-state index in [0.29, 0.717) is 16.9 Å². The SMILES string of the molecule is CCOC(=O)c1c(NC(=O)COC(C)C)c[nH]c1C. The fraction of sp³-hybridized carbons (Fsp3) is 0.538. The summed E-state index contributed by atoms with van der Waals surface area (Å²) < 4.78 is 10.1. The fourth-order valence-corrected chi connectivity index (χ4v) is 1.52. The Balaban J connectivity index is 2.73. The van der Waals surface area contributed by atoms with Crippen LogP contribution in [-0.2, 0) is 14.3 Å². The topological polar surface area (TPSA) is 80.4 Å². The Kier molecular flexibility index (Phi) is 5.57. The fourth-order valence-electron chi connectivity index (χ4n) is 1.52. The Hall–Kier alpha value is -1.82. The molecule has 0 radical (unpaired) electrons. The number of esters is 1. The zero-order valence-corrected chi connectivity index (χ0v) is 11.7. The molecule has 0 atom stereocenters. The molecule has 1 aromatic heterocycles. The molecule has 0 aliphatic rings. The molecule has 0 aromatic carbocycles. The van der Waals surface area contributed by atoms with E-state index < -0.39 is 5.97 Å². The van der Waals surface area contributed by atoms with Gasteiger partial charge in [0.2, 0.25) is 5.91 Å². The number of ether oxygens (including phenoxy) is 2. The second kappa shape index (κ2) is 6.94. The summed E-state index contributed by atoms with van der Waals surface area (Å²) in [6.07, 6.45) is 1.54. The average molecular weight is 268 g/mol. The highest BCUT2D eigenvalue weighted by molar-refractivity contribution is 6.02. The van der Waals surface area contributed by atoms with Crippen LogP contribution in [0.25, 0.3) is 0 Å². The van der Waals surface area contributed by atoms with Gasteiger partial charge in [-0.1, -0.05) is 0 Å². The van der Waals surface area contributed by atoms with E-state index in [4.69, 9.17) is 9.47 Å². The molecule has 1 amide bonds. The highest BCUT2D eigenvalue weighted by Crippen LogP contribution is 2.20. The summed E-state index contributed by atoms with van der Waals surface area (Å²) >= 11 is 0. The van der Waals surface area contributed by atoms with Crippen molar-refractivity contribution in [2.75, 3.05) is 18.5 Å². The Morgan fingerprint density at radius 1 is 1.42 bits per heavy atom. The van der Waals surface area contributed by atoms with E-state index in [-0.39, 0.29) is 25.2 Å². The van der Waals surface area contributed by atoms with Crippen LogP contribution >= 0.6 is 0 Å². The largest absolute Gasteiger partial charge is 0.462 e. The van der Waals surface area contributed by atoms with Crippen LogP contribution in [-0.4, -0.2) is 36.2 Å². The van der Waals surface area contributed by atoms with Crippen LogP contribution in [0, 0.1) is 6.92 Å². The number of carbonyl (C=O) groups is 2. The van der Waals surface area contributed by atoms with Gasteiger partial charge in [0.15, 0.2) is 0 Å². The van der Waals surface area contributed by atoms with Gasteiger partial charge < -0.3 is 19.8 Å². The van der Waals surface area contributed by atoms with E-state index in [1.165, 1.54) is 0 Å². The third-order valence-corrected chi connectivity index (χ3v) is 2.38. The van der Waals surface area contributed by atoms with E-state index in [1.54, 1.807) is 20.0 Å². The molecule has 2 N–H and O–H groups in total. The molecular weight excluding hydrogens is 248 g/mol. The summed E-state index contributed by atoms with van der Waals surface area (Å²) in [4.78, 5) is 26.3. The molecule has 19 heavy (non-hydrogen) atoms. The molecule has 106 valence electrons. The maximum absolute atomic E-state index is 11.8. The first-order valence-electron chi connectivity index (χ1n) is 6.22. The van der Waals surface area contributed by atoms with Gasteiger partial charge in [0.25, 0.3) is 0 Å². The second-order valence-electron chi connectivity index (χ2n) is 4.33. The summed E-state index contributed by atoms with van der Waals surface area (Å²) in [6, 6.07) is 0. The van der Waals surface area contributed by atoms with Gasteiger partial charge in [-0.15, -0.1) is 0 Å². The number of hydrogen-bond donors (Lipinski definition) is 2. The number of amides is 1. The molecular formula is C13H20N2O4. The van der Waals surface area contributed by atoms with Gasteiger partial charge in [0.05, 0.1) is 18.4 Å². The molecule has 0 aliphatic heterocycles. The lowest BCUT2D eigenvalue weighted by Crippen LogP contribution is -2.21. The minimum Gasteiger partial charge on any atom is -0.462 e. The Morgan fingerprint density at radius 3 is 2.68 bits per heavy atom. The van der Waals surface area contributed by atoms with Crippen LogP contribution in [0.4, 0.5) is 5.69 Å². The summed E-state index contributed by atoms with van der Waals surface area (Å²) in [5.41, 5.74) is 1.41. The number of aromatic nitrogens is 1. The molecule has 1 heterocycles. The van der Waals surface area contributed by atoms with Crippen molar-refractivity contribution in [3.05, 3.63) is 17.5 Å². The van der Waals surface area contributed by atoms with Crippen molar-refractivity contribution in [3.8, 4) is 0 Å². The summed E-state index contributed by atoms with van der Waals surface area (Å²) in [5, 5.41) is 2.63. The van der Waals surface area contributed by atoms with E-state index in [2.05, 4.69) is 10.3 Å². The minimum atomic E-state index is -0.457. The second-order valence-corrected chi connectivity index (χ2v) is 4.33. The molecule has 1 rings (SSSR count). The van der Waals surface area contributed by atoms with Crippen molar-refractivity contribution in [1.29, 1.82) is 0 Å². The van der Waals surface area contributed by atoms with Crippen molar-refractivity contribution in [2.24, 2.45) is 0 Å². The van der Waals surface area contributed by atoms with Crippen molar-refractivity contribution >= 4 is 17.6 Å². The number of H-pyrrole nitrogens is 1. The van der Waals surface area contributed by atoms with E-state index in [1.807, 2.05) is 13.8 Å². The molecule has 0 fully saturated rings. The molecule has 0 aliphatic carbocycles. The van der Waals surface area contributed by atoms with Gasteiger partial charge in [0, 0.05) is 11.9 Å². The van der Waals surface area contributed by atoms with E-state index >= 15 is 0 Å². The average Bonchev–Trinajstić information content (AvgIpc) is 2.68. The lowest BCUT2D eigenvalue weighted by atomic mass is 10.2. The smallest absolute Gasteiger partial charge is 0.342 e. The van der Waals surface area contributed by atoms with Gasteiger partial charge in [0.1, 0.15) is 12.2 Å². The number of anilines is 1. The van der Waals surface area contributed by atoms with E-state index in [9.17, 15) is 9.59 Å². The zero-order valence-electron chi connectivity index (χ0n) is 11.7. The van der Waals surface area contributed by atoms with Gasteiger partial charge >= 0.3 is 5.97 Å². The van der Waals surface area contributed by atoms with Crippen LogP contribution in [0.2, 0.25) is 0 Å². The number of carbonyl (C=O) groups excluding carboxylic acids is 2. The number of aryl methyl sites for hydroxylation is 1. The third kappa shape index (κ3) is 4.40. The number of rotatable bonds is 6. The van der Waals surface area contributed by atoms with Crippen molar-refractivity contribution in [3.63, 3.8) is 0 Å². The monoisotopic (exact) mass is 268 g/mol. The highest BCUT2D eigenvalue weighted by Gasteiger charge is 2.19. The van der Waals surface area contributed by atoms with Gasteiger partial charge in [-0.05, 0) is 27.7 Å². The Morgan fingerprint density at radius 2 is 2.11 bits per heavy atom. The maximum atomic E-state index is 11.8.